The zero-order chi connectivity index (χ0) is 18.8. The summed E-state index contributed by atoms with van der Waals surface area (Å²) in [5.74, 6) is 1.57. The van der Waals surface area contributed by atoms with Gasteiger partial charge in [-0.3, -0.25) is 9.69 Å². The molecule has 2 aliphatic rings. The highest BCUT2D eigenvalue weighted by molar-refractivity contribution is 5.91. The van der Waals surface area contributed by atoms with Crippen molar-refractivity contribution in [2.75, 3.05) is 42.9 Å². The van der Waals surface area contributed by atoms with Crippen LogP contribution in [0.3, 0.4) is 0 Å². The fraction of sp³-hybridized carbons (Fsp3) is 0.524. The molecule has 6 heteroatoms. The first-order valence-electron chi connectivity index (χ1n) is 9.97. The molecule has 0 radical (unpaired) electrons. The van der Waals surface area contributed by atoms with Crippen molar-refractivity contribution in [1.82, 2.24) is 14.7 Å². The molecule has 6 nitrogen and oxygen atoms in total. The largest absolute Gasteiger partial charge is 0.369 e. The van der Waals surface area contributed by atoms with E-state index in [1.807, 2.05) is 10.7 Å². The topological polar surface area (TPSA) is 53.4 Å². The molecule has 2 fully saturated rings. The molecule has 27 heavy (non-hydrogen) atoms. The number of nitrogens with one attached hydrogen (secondary N) is 1. The minimum atomic E-state index is 0.0451. The van der Waals surface area contributed by atoms with Crippen molar-refractivity contribution in [3.63, 3.8) is 0 Å². The summed E-state index contributed by atoms with van der Waals surface area (Å²) < 4.78 is 1.96. The SMILES string of the molecule is Cc1cccc(N2CCN(CC(=O)Nc3ccnn3C(C)C3CC3)CC2)c1. The van der Waals surface area contributed by atoms with Gasteiger partial charge in [0.1, 0.15) is 5.82 Å². The van der Waals surface area contributed by atoms with Crippen LogP contribution in [0.5, 0.6) is 0 Å². The lowest BCUT2D eigenvalue weighted by atomic mass is 10.2. The molecule has 1 unspecified atom stereocenters. The quantitative estimate of drug-likeness (QED) is 0.853. The number of rotatable bonds is 6. The molecule has 0 bridgehead atoms. The van der Waals surface area contributed by atoms with Gasteiger partial charge in [0.25, 0.3) is 0 Å². The van der Waals surface area contributed by atoms with E-state index in [-0.39, 0.29) is 5.91 Å². The third-order valence-electron chi connectivity index (χ3n) is 5.73. The number of piperazine rings is 1. The van der Waals surface area contributed by atoms with Gasteiger partial charge in [0.2, 0.25) is 5.91 Å². The van der Waals surface area contributed by atoms with E-state index in [2.05, 4.69) is 58.3 Å². The van der Waals surface area contributed by atoms with Gasteiger partial charge in [0.15, 0.2) is 0 Å². The summed E-state index contributed by atoms with van der Waals surface area (Å²) in [7, 11) is 0. The Morgan fingerprint density at radius 3 is 2.70 bits per heavy atom. The maximum absolute atomic E-state index is 12.5. The van der Waals surface area contributed by atoms with Crippen LogP contribution in [0, 0.1) is 12.8 Å². The number of nitrogens with zero attached hydrogens (tertiary/aromatic N) is 4. The van der Waals surface area contributed by atoms with Crippen LogP contribution < -0.4 is 10.2 Å². The number of hydrogen-bond acceptors (Lipinski definition) is 4. The minimum absolute atomic E-state index is 0.0451. The van der Waals surface area contributed by atoms with Gasteiger partial charge in [-0.25, -0.2) is 4.68 Å². The van der Waals surface area contributed by atoms with Crippen LogP contribution in [0.2, 0.25) is 0 Å². The zero-order valence-corrected chi connectivity index (χ0v) is 16.3. The molecule has 2 heterocycles. The Morgan fingerprint density at radius 2 is 2.00 bits per heavy atom. The number of anilines is 2. The molecule has 1 aliphatic heterocycles. The minimum Gasteiger partial charge on any atom is -0.369 e. The van der Waals surface area contributed by atoms with Crippen LogP contribution in [0.1, 0.15) is 31.4 Å². The van der Waals surface area contributed by atoms with Crippen LogP contribution in [-0.4, -0.2) is 53.3 Å². The Balaban J connectivity index is 1.28. The van der Waals surface area contributed by atoms with E-state index in [1.54, 1.807) is 6.20 Å². The van der Waals surface area contributed by atoms with Crippen LogP contribution in [-0.2, 0) is 4.79 Å². The second kappa shape index (κ2) is 7.72. The Kier molecular flexibility index (Phi) is 5.16. The molecule has 1 aromatic carbocycles. The highest BCUT2D eigenvalue weighted by Crippen LogP contribution is 2.40. The fourth-order valence-electron chi connectivity index (χ4n) is 3.89. The summed E-state index contributed by atoms with van der Waals surface area (Å²) in [5.41, 5.74) is 2.56. The van der Waals surface area contributed by atoms with Crippen molar-refractivity contribution in [3.05, 3.63) is 42.1 Å². The number of carbonyl (C=O) groups excluding carboxylic acids is 1. The summed E-state index contributed by atoms with van der Waals surface area (Å²) in [6, 6.07) is 10.9. The van der Waals surface area contributed by atoms with Gasteiger partial charge >= 0.3 is 0 Å². The molecular weight excluding hydrogens is 338 g/mol. The van der Waals surface area contributed by atoms with Gasteiger partial charge in [0, 0.05) is 37.9 Å². The van der Waals surface area contributed by atoms with Crippen LogP contribution in [0.15, 0.2) is 36.5 Å². The molecule has 1 N–H and O–H groups in total. The predicted octanol–water partition coefficient (Wildman–Crippen LogP) is 2.92. The lowest BCUT2D eigenvalue weighted by molar-refractivity contribution is -0.117. The van der Waals surface area contributed by atoms with Crippen molar-refractivity contribution >= 4 is 17.4 Å². The summed E-state index contributed by atoms with van der Waals surface area (Å²) in [4.78, 5) is 17.2. The maximum Gasteiger partial charge on any atom is 0.239 e. The molecule has 2 aromatic rings. The number of carbonyl (C=O) groups is 1. The highest BCUT2D eigenvalue weighted by Gasteiger charge is 2.31. The van der Waals surface area contributed by atoms with Crippen LogP contribution in [0.4, 0.5) is 11.5 Å². The fourth-order valence-corrected chi connectivity index (χ4v) is 3.89. The van der Waals surface area contributed by atoms with E-state index >= 15 is 0 Å². The monoisotopic (exact) mass is 367 g/mol. The molecule has 1 aromatic heterocycles. The number of hydrogen-bond donors (Lipinski definition) is 1. The summed E-state index contributed by atoms with van der Waals surface area (Å²) >= 11 is 0. The molecule has 1 atom stereocenters. The Hall–Kier alpha value is -2.34. The highest BCUT2D eigenvalue weighted by atomic mass is 16.2. The third-order valence-corrected chi connectivity index (χ3v) is 5.73. The van der Waals surface area contributed by atoms with Crippen molar-refractivity contribution in [2.45, 2.75) is 32.7 Å². The number of benzene rings is 1. The van der Waals surface area contributed by atoms with Crippen LogP contribution >= 0.6 is 0 Å². The van der Waals surface area contributed by atoms with Gasteiger partial charge in [-0.15, -0.1) is 0 Å². The summed E-state index contributed by atoms with van der Waals surface area (Å²) in [6.07, 6.45) is 4.30. The van der Waals surface area contributed by atoms with E-state index in [4.69, 9.17) is 0 Å². The van der Waals surface area contributed by atoms with Crippen molar-refractivity contribution in [2.24, 2.45) is 5.92 Å². The van der Waals surface area contributed by atoms with Crippen molar-refractivity contribution < 1.29 is 4.79 Å². The first kappa shape index (κ1) is 18.0. The normalized spacial score (nSPS) is 19.1. The Morgan fingerprint density at radius 1 is 1.22 bits per heavy atom. The molecule has 4 rings (SSSR count). The standard InChI is InChI=1S/C21H29N5O/c1-16-4-3-5-19(14-16)25-12-10-24(11-13-25)15-21(27)23-20-8-9-22-26(20)17(2)18-6-7-18/h3-5,8-9,14,17-18H,6-7,10-13,15H2,1-2H3,(H,23,27). The predicted molar refractivity (Wildman–Crippen MR) is 108 cm³/mol. The second-order valence-electron chi connectivity index (χ2n) is 7.89. The van der Waals surface area contributed by atoms with Gasteiger partial charge in [-0.2, -0.15) is 5.10 Å². The summed E-state index contributed by atoms with van der Waals surface area (Å²) in [6.45, 7) is 8.45. The Labute approximate surface area is 161 Å². The van der Waals surface area contributed by atoms with E-state index in [9.17, 15) is 4.79 Å². The maximum atomic E-state index is 12.5. The van der Waals surface area contributed by atoms with Gasteiger partial charge < -0.3 is 10.2 Å². The average molecular weight is 367 g/mol. The molecular formula is C21H29N5O. The molecule has 1 aliphatic carbocycles. The average Bonchev–Trinajstić information content (AvgIpc) is 3.41. The van der Waals surface area contributed by atoms with Crippen molar-refractivity contribution in [1.29, 1.82) is 0 Å². The first-order valence-corrected chi connectivity index (χ1v) is 9.97. The third kappa shape index (κ3) is 4.33. The van der Waals surface area contributed by atoms with Crippen molar-refractivity contribution in [3.8, 4) is 0 Å². The lowest BCUT2D eigenvalue weighted by Crippen LogP contribution is -2.48. The van der Waals surface area contributed by atoms with E-state index < -0.39 is 0 Å². The molecule has 1 saturated carbocycles. The first-order chi connectivity index (χ1) is 13.1. The zero-order valence-electron chi connectivity index (χ0n) is 16.3. The molecule has 1 amide bonds. The summed E-state index contributed by atoms with van der Waals surface area (Å²) in [5, 5.41) is 7.47. The smallest absolute Gasteiger partial charge is 0.239 e. The second-order valence-corrected chi connectivity index (χ2v) is 7.89. The van der Waals surface area contributed by atoms with Crippen LogP contribution in [0.25, 0.3) is 0 Å². The molecule has 144 valence electrons. The molecule has 1 saturated heterocycles. The lowest BCUT2D eigenvalue weighted by Gasteiger charge is -2.35. The van der Waals surface area contributed by atoms with Gasteiger partial charge in [-0.05, 0) is 50.3 Å². The number of aryl methyl sites for hydroxylation is 1. The number of amides is 1. The van der Waals surface area contributed by atoms with Gasteiger partial charge in [0.05, 0.1) is 18.8 Å². The van der Waals surface area contributed by atoms with E-state index in [0.29, 0.717) is 18.5 Å². The van der Waals surface area contributed by atoms with E-state index in [1.165, 1.54) is 24.1 Å². The van der Waals surface area contributed by atoms with E-state index in [0.717, 1.165) is 32.0 Å². The number of aromatic nitrogens is 2. The van der Waals surface area contributed by atoms with Gasteiger partial charge in [-0.1, -0.05) is 12.1 Å². The Bertz CT molecular complexity index is 789. The molecule has 0 spiro atoms.